The van der Waals surface area contributed by atoms with Crippen LogP contribution in [0.2, 0.25) is 0 Å². The predicted molar refractivity (Wildman–Crippen MR) is 188 cm³/mol. The van der Waals surface area contributed by atoms with Crippen molar-refractivity contribution in [3.63, 3.8) is 0 Å². The van der Waals surface area contributed by atoms with Gasteiger partial charge in [0.1, 0.15) is 0 Å². The molecule has 0 spiro atoms. The summed E-state index contributed by atoms with van der Waals surface area (Å²) in [4.78, 5) is 0. The van der Waals surface area contributed by atoms with E-state index in [4.69, 9.17) is 0 Å². The highest BCUT2D eigenvalue weighted by Crippen LogP contribution is 2.38. The summed E-state index contributed by atoms with van der Waals surface area (Å²) < 4.78 is 0. The minimum absolute atomic E-state index is 1.22. The van der Waals surface area contributed by atoms with Gasteiger partial charge in [0.15, 0.2) is 0 Å². The lowest BCUT2D eigenvalue weighted by Gasteiger charge is -2.12. The number of rotatable bonds is 22. The predicted octanol–water partition coefficient (Wildman–Crippen LogP) is 14.1. The van der Waals surface area contributed by atoms with E-state index in [1.54, 1.807) is 0 Å². The fourth-order valence-electron chi connectivity index (χ4n) is 6.76. The number of benzene rings is 3. The summed E-state index contributed by atoms with van der Waals surface area (Å²) in [5.41, 5.74) is 3.04. The maximum absolute atomic E-state index is 2.53. The average Bonchev–Trinajstić information content (AvgIpc) is 3.49. The zero-order chi connectivity index (χ0) is 28.5. The highest BCUT2D eigenvalue weighted by molar-refractivity contribution is 7.09. The summed E-state index contributed by atoms with van der Waals surface area (Å²) in [5.74, 6) is 0. The highest BCUT2D eigenvalue weighted by atomic mass is 32.1. The molecule has 0 N–H and O–H groups in total. The number of aryl methyl sites for hydroxylation is 2. The van der Waals surface area contributed by atoms with Gasteiger partial charge in [0.2, 0.25) is 0 Å². The van der Waals surface area contributed by atoms with Gasteiger partial charge in [-0.15, -0.1) is 0 Å². The van der Waals surface area contributed by atoms with Crippen LogP contribution in [0.25, 0.3) is 32.3 Å². The normalized spacial score (nSPS) is 11.9. The molecule has 0 unspecified atom stereocenters. The smallest absolute Gasteiger partial charge is 0.000831 e. The van der Waals surface area contributed by atoms with Crippen molar-refractivity contribution in [3.8, 4) is 0 Å². The van der Waals surface area contributed by atoms with Crippen LogP contribution in [0, 0.1) is 0 Å². The van der Waals surface area contributed by atoms with Crippen LogP contribution in [0.4, 0.5) is 0 Å². The average molecular weight is 571 g/mol. The highest BCUT2D eigenvalue weighted by Gasteiger charge is 2.11. The lowest BCUT2D eigenvalue weighted by molar-refractivity contribution is 0.556. The molecule has 4 aromatic rings. The first-order chi connectivity index (χ1) is 20.3. The van der Waals surface area contributed by atoms with Crippen LogP contribution in [-0.4, -0.2) is 0 Å². The zero-order valence-electron chi connectivity index (χ0n) is 26.6. The lowest BCUT2D eigenvalue weighted by Crippen LogP contribution is -1.90. The van der Waals surface area contributed by atoms with E-state index in [1.807, 2.05) is 11.3 Å². The van der Waals surface area contributed by atoms with Gasteiger partial charge < -0.3 is 0 Å². The Morgan fingerprint density at radius 2 is 0.707 bits per heavy atom. The number of hydrogen-bond acceptors (Lipinski definition) is 1. The van der Waals surface area contributed by atoms with Crippen LogP contribution in [0.15, 0.2) is 47.2 Å². The number of unbranched alkanes of at least 4 members (excludes halogenated alkanes) is 18. The molecule has 0 amide bonds. The molecule has 4 rings (SSSR count). The van der Waals surface area contributed by atoms with Crippen molar-refractivity contribution in [2.75, 3.05) is 0 Å². The van der Waals surface area contributed by atoms with Gasteiger partial charge in [-0.3, -0.25) is 0 Å². The maximum atomic E-state index is 2.53. The largest absolute Gasteiger partial charge is 0.151 e. The monoisotopic (exact) mass is 570 g/mol. The Labute approximate surface area is 256 Å². The van der Waals surface area contributed by atoms with Crippen molar-refractivity contribution >= 4 is 43.7 Å². The van der Waals surface area contributed by atoms with E-state index < -0.39 is 0 Å². The van der Waals surface area contributed by atoms with Crippen molar-refractivity contribution in [1.82, 2.24) is 0 Å². The molecular formula is C40H58S. The molecule has 0 aliphatic carbocycles. The van der Waals surface area contributed by atoms with Crippen molar-refractivity contribution in [2.45, 2.75) is 155 Å². The molecule has 0 atom stereocenters. The van der Waals surface area contributed by atoms with Crippen LogP contribution in [0.3, 0.4) is 0 Å². The molecule has 0 aliphatic rings. The van der Waals surface area contributed by atoms with Gasteiger partial charge >= 0.3 is 0 Å². The molecule has 224 valence electrons. The quantitative estimate of drug-likeness (QED) is 0.0651. The molecule has 41 heavy (non-hydrogen) atoms. The Morgan fingerprint density at radius 3 is 1.07 bits per heavy atom. The van der Waals surface area contributed by atoms with E-state index in [-0.39, 0.29) is 0 Å². The zero-order valence-corrected chi connectivity index (χ0v) is 27.4. The third-order valence-electron chi connectivity index (χ3n) is 9.34. The summed E-state index contributed by atoms with van der Waals surface area (Å²) in [6.07, 6.45) is 30.5. The van der Waals surface area contributed by atoms with Crippen LogP contribution in [-0.2, 0) is 12.8 Å². The van der Waals surface area contributed by atoms with E-state index in [0.717, 1.165) is 0 Å². The van der Waals surface area contributed by atoms with Crippen molar-refractivity contribution in [1.29, 1.82) is 0 Å². The summed E-state index contributed by atoms with van der Waals surface area (Å²) in [6, 6.07) is 14.7. The van der Waals surface area contributed by atoms with E-state index in [2.05, 4.69) is 61.0 Å². The fourth-order valence-corrected chi connectivity index (χ4v) is 7.60. The molecule has 1 heterocycles. The second-order valence-corrected chi connectivity index (χ2v) is 13.6. The topological polar surface area (TPSA) is 0 Å². The van der Waals surface area contributed by atoms with E-state index in [1.165, 1.54) is 185 Å². The molecule has 0 aliphatic heterocycles. The Kier molecular flexibility index (Phi) is 14.6. The Bertz CT molecular complexity index is 1180. The Balaban J connectivity index is 1.31. The number of hydrogen-bond donors (Lipinski definition) is 0. The third kappa shape index (κ3) is 10.1. The Hall–Kier alpha value is -1.86. The third-order valence-corrected chi connectivity index (χ3v) is 10.1. The van der Waals surface area contributed by atoms with E-state index in [0.29, 0.717) is 0 Å². The first-order valence-electron chi connectivity index (χ1n) is 17.6. The standard InChI is InChI=1S/C40H58S/c1-3-5-7-9-11-13-15-17-19-21-23-33-25-27-35-37(29-33)38-30-34(26-28-36(38)40-32-41-31-39(35)40)24-22-20-18-16-14-12-10-8-6-4-2/h25-32H,3-24H2,1-2H3. The minimum Gasteiger partial charge on any atom is -0.151 e. The molecule has 0 saturated carbocycles. The molecule has 3 aromatic carbocycles. The minimum atomic E-state index is 1.22. The molecule has 0 bridgehead atoms. The van der Waals surface area contributed by atoms with Crippen LogP contribution >= 0.6 is 11.3 Å². The second-order valence-electron chi connectivity index (χ2n) is 12.8. The van der Waals surface area contributed by atoms with Crippen molar-refractivity contribution < 1.29 is 0 Å². The molecule has 0 nitrogen and oxygen atoms in total. The first-order valence-corrected chi connectivity index (χ1v) is 18.6. The lowest BCUT2D eigenvalue weighted by atomic mass is 9.92. The van der Waals surface area contributed by atoms with Crippen LogP contribution < -0.4 is 0 Å². The van der Waals surface area contributed by atoms with Gasteiger partial charge in [-0.1, -0.05) is 166 Å². The van der Waals surface area contributed by atoms with Gasteiger partial charge in [0.25, 0.3) is 0 Å². The summed E-state index contributed by atoms with van der Waals surface area (Å²) in [6.45, 7) is 4.61. The fraction of sp³-hybridized carbons (Fsp3) is 0.600. The van der Waals surface area contributed by atoms with Crippen molar-refractivity contribution in [3.05, 3.63) is 58.3 Å². The van der Waals surface area contributed by atoms with Gasteiger partial charge in [-0.05, 0) is 69.1 Å². The summed E-state index contributed by atoms with van der Waals surface area (Å²) >= 11 is 1.85. The van der Waals surface area contributed by atoms with Crippen LogP contribution in [0.1, 0.15) is 153 Å². The van der Waals surface area contributed by atoms with Crippen molar-refractivity contribution in [2.24, 2.45) is 0 Å². The molecule has 0 fully saturated rings. The van der Waals surface area contributed by atoms with E-state index >= 15 is 0 Å². The van der Waals surface area contributed by atoms with Gasteiger partial charge in [0, 0.05) is 10.8 Å². The summed E-state index contributed by atoms with van der Waals surface area (Å²) in [7, 11) is 0. The maximum Gasteiger partial charge on any atom is 0.000831 e. The SMILES string of the molecule is CCCCCCCCCCCCc1ccc2c3cscc3c3ccc(CCCCCCCCCCCC)cc3c2c1. The summed E-state index contributed by atoms with van der Waals surface area (Å²) in [5, 5.41) is 13.4. The van der Waals surface area contributed by atoms with Crippen LogP contribution in [0.5, 0.6) is 0 Å². The molecule has 1 aromatic heterocycles. The Morgan fingerprint density at radius 1 is 0.366 bits per heavy atom. The molecule has 0 radical (unpaired) electrons. The van der Waals surface area contributed by atoms with Gasteiger partial charge in [-0.25, -0.2) is 0 Å². The van der Waals surface area contributed by atoms with Gasteiger partial charge in [-0.2, -0.15) is 11.3 Å². The van der Waals surface area contributed by atoms with E-state index in [9.17, 15) is 0 Å². The number of thiophene rings is 1. The van der Waals surface area contributed by atoms with Gasteiger partial charge in [0.05, 0.1) is 0 Å². The molecule has 1 heteroatoms. The number of fused-ring (bicyclic) bond motifs is 6. The molecular weight excluding hydrogens is 513 g/mol. The molecule has 0 saturated heterocycles. The first kappa shape index (κ1) is 32.1. The second kappa shape index (κ2) is 18.6.